The second kappa shape index (κ2) is 9.04. The predicted molar refractivity (Wildman–Crippen MR) is 88.1 cm³/mol. The molecule has 2 heteroatoms. The van der Waals surface area contributed by atoms with Crippen LogP contribution in [-0.2, 0) is 0 Å². The summed E-state index contributed by atoms with van der Waals surface area (Å²) in [6.45, 7) is 9.93. The summed E-state index contributed by atoms with van der Waals surface area (Å²) in [6.07, 6.45) is 12.8. The van der Waals surface area contributed by atoms with Gasteiger partial charge in [0.25, 0.3) is 0 Å². The van der Waals surface area contributed by atoms with Crippen molar-refractivity contribution in [2.24, 2.45) is 11.8 Å². The molecule has 2 nitrogen and oxygen atoms in total. The summed E-state index contributed by atoms with van der Waals surface area (Å²) in [5.41, 5.74) is 0. The SMILES string of the molecule is CCCN1CCCC(NCCC2CCCC(C)C2)CC1. The third-order valence-electron chi connectivity index (χ3n) is 5.39. The van der Waals surface area contributed by atoms with Crippen LogP contribution in [0.25, 0.3) is 0 Å². The standard InChI is InChI=1S/C18H36N2/c1-3-12-20-13-5-8-18(10-14-20)19-11-9-17-7-4-6-16(2)15-17/h16-19H,3-15H2,1-2H3. The molecular weight excluding hydrogens is 244 g/mol. The fourth-order valence-electron chi connectivity index (χ4n) is 4.21. The molecule has 3 unspecified atom stereocenters. The van der Waals surface area contributed by atoms with Crippen LogP contribution < -0.4 is 5.32 Å². The lowest BCUT2D eigenvalue weighted by atomic mass is 9.81. The van der Waals surface area contributed by atoms with Crippen molar-refractivity contribution in [2.75, 3.05) is 26.2 Å². The van der Waals surface area contributed by atoms with E-state index >= 15 is 0 Å². The van der Waals surface area contributed by atoms with Crippen LogP contribution in [0.1, 0.15) is 71.6 Å². The van der Waals surface area contributed by atoms with Crippen LogP contribution in [0.3, 0.4) is 0 Å². The molecule has 0 aromatic carbocycles. The minimum atomic E-state index is 0.790. The molecule has 0 radical (unpaired) electrons. The van der Waals surface area contributed by atoms with E-state index in [0.29, 0.717) is 0 Å². The van der Waals surface area contributed by atoms with E-state index in [-0.39, 0.29) is 0 Å². The molecule has 0 aromatic heterocycles. The number of nitrogens with one attached hydrogen (secondary N) is 1. The quantitative estimate of drug-likeness (QED) is 0.789. The molecule has 20 heavy (non-hydrogen) atoms. The van der Waals surface area contributed by atoms with Gasteiger partial charge in [0.15, 0.2) is 0 Å². The number of rotatable bonds is 6. The molecule has 0 aromatic rings. The van der Waals surface area contributed by atoms with Crippen LogP contribution in [0.2, 0.25) is 0 Å². The molecule has 1 N–H and O–H groups in total. The first kappa shape index (κ1) is 16.3. The monoisotopic (exact) mass is 280 g/mol. The maximum absolute atomic E-state index is 3.86. The molecule has 2 fully saturated rings. The summed E-state index contributed by atoms with van der Waals surface area (Å²) < 4.78 is 0. The first-order chi connectivity index (χ1) is 9.78. The number of nitrogens with zero attached hydrogens (tertiary/aromatic N) is 1. The van der Waals surface area contributed by atoms with Gasteiger partial charge in [-0.3, -0.25) is 0 Å². The molecule has 2 aliphatic rings. The fraction of sp³-hybridized carbons (Fsp3) is 1.00. The fourth-order valence-corrected chi connectivity index (χ4v) is 4.21. The Hall–Kier alpha value is -0.0800. The zero-order valence-corrected chi connectivity index (χ0v) is 13.9. The first-order valence-corrected chi connectivity index (χ1v) is 9.23. The van der Waals surface area contributed by atoms with Crippen molar-refractivity contribution < 1.29 is 0 Å². The highest BCUT2D eigenvalue weighted by Gasteiger charge is 2.20. The summed E-state index contributed by atoms with van der Waals surface area (Å²) in [7, 11) is 0. The van der Waals surface area contributed by atoms with E-state index in [0.717, 1.165) is 17.9 Å². The third-order valence-corrected chi connectivity index (χ3v) is 5.39. The van der Waals surface area contributed by atoms with E-state index in [2.05, 4.69) is 24.1 Å². The van der Waals surface area contributed by atoms with Gasteiger partial charge in [0.2, 0.25) is 0 Å². The molecule has 1 saturated heterocycles. The number of hydrogen-bond acceptors (Lipinski definition) is 2. The molecule has 3 atom stereocenters. The van der Waals surface area contributed by atoms with Crippen LogP contribution in [0.4, 0.5) is 0 Å². The molecule has 118 valence electrons. The molecule has 1 aliphatic carbocycles. The van der Waals surface area contributed by atoms with E-state index in [1.807, 2.05) is 0 Å². The highest BCUT2D eigenvalue weighted by molar-refractivity contribution is 4.76. The van der Waals surface area contributed by atoms with Gasteiger partial charge in [-0.15, -0.1) is 0 Å². The van der Waals surface area contributed by atoms with Crippen LogP contribution in [0.15, 0.2) is 0 Å². The van der Waals surface area contributed by atoms with Crippen LogP contribution in [-0.4, -0.2) is 37.1 Å². The molecule has 1 saturated carbocycles. The molecule has 1 aliphatic heterocycles. The normalized spacial score (nSPS) is 33.0. The molecule has 0 spiro atoms. The number of likely N-dealkylation sites (tertiary alicyclic amines) is 1. The first-order valence-electron chi connectivity index (χ1n) is 9.23. The van der Waals surface area contributed by atoms with Crippen LogP contribution in [0, 0.1) is 11.8 Å². The Kier molecular flexibility index (Phi) is 7.37. The maximum atomic E-state index is 3.86. The van der Waals surface area contributed by atoms with Crippen molar-refractivity contribution in [3.05, 3.63) is 0 Å². The van der Waals surface area contributed by atoms with Gasteiger partial charge >= 0.3 is 0 Å². The Morgan fingerprint density at radius 3 is 2.75 bits per heavy atom. The van der Waals surface area contributed by atoms with E-state index in [4.69, 9.17) is 0 Å². The summed E-state index contributed by atoms with van der Waals surface area (Å²) in [4.78, 5) is 2.66. The Morgan fingerprint density at radius 1 is 1.05 bits per heavy atom. The maximum Gasteiger partial charge on any atom is 0.00797 e. The number of hydrogen-bond donors (Lipinski definition) is 1. The van der Waals surface area contributed by atoms with Gasteiger partial charge in [-0.05, 0) is 76.5 Å². The molecule has 0 amide bonds. The summed E-state index contributed by atoms with van der Waals surface area (Å²) in [6, 6.07) is 0.790. The van der Waals surface area contributed by atoms with E-state index < -0.39 is 0 Å². The highest BCUT2D eigenvalue weighted by Crippen LogP contribution is 2.30. The Labute approximate surface area is 126 Å². The molecule has 0 bridgehead atoms. The van der Waals surface area contributed by atoms with Gasteiger partial charge in [-0.25, -0.2) is 0 Å². The van der Waals surface area contributed by atoms with Crippen molar-refractivity contribution in [2.45, 2.75) is 77.7 Å². The lowest BCUT2D eigenvalue weighted by Gasteiger charge is -2.27. The Balaban J connectivity index is 1.59. The van der Waals surface area contributed by atoms with Crippen molar-refractivity contribution >= 4 is 0 Å². The highest BCUT2D eigenvalue weighted by atomic mass is 15.1. The third kappa shape index (κ3) is 5.73. The van der Waals surface area contributed by atoms with Gasteiger partial charge in [0.05, 0.1) is 0 Å². The zero-order chi connectivity index (χ0) is 14.2. The average Bonchev–Trinajstić information content (AvgIpc) is 2.65. The van der Waals surface area contributed by atoms with Gasteiger partial charge in [0, 0.05) is 6.04 Å². The van der Waals surface area contributed by atoms with Crippen molar-refractivity contribution in [1.82, 2.24) is 10.2 Å². The van der Waals surface area contributed by atoms with Gasteiger partial charge in [-0.1, -0.05) is 33.1 Å². The molecule has 1 heterocycles. The Bertz CT molecular complexity index is 254. The smallest absolute Gasteiger partial charge is 0.00797 e. The average molecular weight is 280 g/mol. The van der Waals surface area contributed by atoms with E-state index in [1.165, 1.54) is 84.0 Å². The Morgan fingerprint density at radius 2 is 1.95 bits per heavy atom. The van der Waals surface area contributed by atoms with Crippen molar-refractivity contribution in [3.8, 4) is 0 Å². The van der Waals surface area contributed by atoms with Gasteiger partial charge in [-0.2, -0.15) is 0 Å². The largest absolute Gasteiger partial charge is 0.314 e. The zero-order valence-electron chi connectivity index (χ0n) is 13.9. The summed E-state index contributed by atoms with van der Waals surface area (Å²) >= 11 is 0. The van der Waals surface area contributed by atoms with Crippen molar-refractivity contribution in [1.29, 1.82) is 0 Å². The van der Waals surface area contributed by atoms with Gasteiger partial charge < -0.3 is 10.2 Å². The van der Waals surface area contributed by atoms with Crippen LogP contribution >= 0.6 is 0 Å². The lowest BCUT2D eigenvalue weighted by Crippen LogP contribution is -2.33. The second-order valence-electron chi connectivity index (χ2n) is 7.35. The minimum absolute atomic E-state index is 0.790. The summed E-state index contributed by atoms with van der Waals surface area (Å²) in [5, 5.41) is 3.86. The van der Waals surface area contributed by atoms with Gasteiger partial charge in [0.1, 0.15) is 0 Å². The lowest BCUT2D eigenvalue weighted by molar-refractivity contribution is 0.261. The minimum Gasteiger partial charge on any atom is -0.314 e. The molecular formula is C18H36N2. The predicted octanol–water partition coefficient (Wildman–Crippen LogP) is 4.06. The second-order valence-corrected chi connectivity index (χ2v) is 7.35. The van der Waals surface area contributed by atoms with Crippen LogP contribution in [0.5, 0.6) is 0 Å². The van der Waals surface area contributed by atoms with E-state index in [1.54, 1.807) is 0 Å². The van der Waals surface area contributed by atoms with Crippen molar-refractivity contribution in [3.63, 3.8) is 0 Å². The topological polar surface area (TPSA) is 15.3 Å². The summed E-state index contributed by atoms with van der Waals surface area (Å²) in [5.74, 6) is 1.99. The van der Waals surface area contributed by atoms with E-state index in [9.17, 15) is 0 Å². The molecule has 2 rings (SSSR count).